The molecule has 0 radical (unpaired) electrons. The van der Waals surface area contributed by atoms with Gasteiger partial charge >= 0.3 is 0 Å². The number of rotatable bonds is 4. The first-order valence-corrected chi connectivity index (χ1v) is 5.67. The predicted molar refractivity (Wildman–Crippen MR) is 66.5 cm³/mol. The first-order chi connectivity index (χ1) is 8.66. The molecule has 0 aliphatic rings. The Bertz CT molecular complexity index is 522. The molecule has 94 valence electrons. The molecular formula is C13H15N3O2. The van der Waals surface area contributed by atoms with Gasteiger partial charge < -0.3 is 15.6 Å². The van der Waals surface area contributed by atoms with Crippen LogP contribution in [0.4, 0.5) is 0 Å². The quantitative estimate of drug-likeness (QED) is 0.850. The van der Waals surface area contributed by atoms with Crippen molar-refractivity contribution in [2.75, 3.05) is 0 Å². The zero-order valence-electron chi connectivity index (χ0n) is 10.1. The number of nitrogens with zero attached hydrogens (tertiary/aromatic N) is 1. The van der Waals surface area contributed by atoms with Crippen LogP contribution < -0.4 is 11.1 Å². The van der Waals surface area contributed by atoms with Crippen molar-refractivity contribution in [1.29, 1.82) is 0 Å². The first kappa shape index (κ1) is 12.3. The van der Waals surface area contributed by atoms with Crippen LogP contribution in [0.5, 0.6) is 0 Å². The van der Waals surface area contributed by atoms with Crippen molar-refractivity contribution in [1.82, 2.24) is 10.5 Å². The fourth-order valence-electron chi connectivity index (χ4n) is 1.60. The third kappa shape index (κ3) is 2.95. The minimum absolute atomic E-state index is 0.241. The number of hydrogen-bond donors (Lipinski definition) is 2. The molecule has 1 amide bonds. The molecule has 5 nitrogen and oxygen atoms in total. The minimum atomic E-state index is -0.671. The van der Waals surface area contributed by atoms with E-state index < -0.39 is 6.04 Å². The van der Waals surface area contributed by atoms with Crippen LogP contribution in [-0.4, -0.2) is 11.1 Å². The van der Waals surface area contributed by atoms with Crippen molar-refractivity contribution in [3.8, 4) is 0 Å². The Balaban J connectivity index is 1.92. The Labute approximate surface area is 105 Å². The normalized spacial score (nSPS) is 12.1. The van der Waals surface area contributed by atoms with Crippen LogP contribution in [0.1, 0.15) is 23.1 Å². The second-order valence-corrected chi connectivity index (χ2v) is 4.04. The van der Waals surface area contributed by atoms with Crippen molar-refractivity contribution < 1.29 is 9.32 Å². The lowest BCUT2D eigenvalue weighted by atomic mass is 10.1. The van der Waals surface area contributed by atoms with E-state index in [1.807, 2.05) is 37.3 Å². The molecule has 5 heteroatoms. The number of carbonyl (C=O) groups is 1. The molecule has 1 aromatic carbocycles. The SMILES string of the molecule is Cc1cc(CNC(=O)C(N)c2ccccc2)on1. The van der Waals surface area contributed by atoms with Gasteiger partial charge in [-0.2, -0.15) is 0 Å². The summed E-state index contributed by atoms with van der Waals surface area (Å²) in [5, 5.41) is 6.45. The molecule has 0 saturated carbocycles. The number of aryl methyl sites for hydroxylation is 1. The lowest BCUT2D eigenvalue weighted by Gasteiger charge is -2.11. The summed E-state index contributed by atoms with van der Waals surface area (Å²) in [6, 6.07) is 10.3. The summed E-state index contributed by atoms with van der Waals surface area (Å²) in [6.45, 7) is 2.12. The van der Waals surface area contributed by atoms with Gasteiger partial charge in [0.05, 0.1) is 12.2 Å². The van der Waals surface area contributed by atoms with Gasteiger partial charge in [0.1, 0.15) is 6.04 Å². The Kier molecular flexibility index (Phi) is 3.74. The van der Waals surface area contributed by atoms with Crippen molar-refractivity contribution in [2.45, 2.75) is 19.5 Å². The van der Waals surface area contributed by atoms with Crippen LogP contribution in [0, 0.1) is 6.92 Å². The summed E-state index contributed by atoms with van der Waals surface area (Å²) < 4.78 is 4.99. The van der Waals surface area contributed by atoms with E-state index in [0.29, 0.717) is 12.3 Å². The standard InChI is InChI=1S/C13H15N3O2/c1-9-7-11(18-16-9)8-15-13(17)12(14)10-5-3-2-4-6-10/h2-7,12H,8,14H2,1H3,(H,15,17). The summed E-state index contributed by atoms with van der Waals surface area (Å²) in [7, 11) is 0. The van der Waals surface area contributed by atoms with Crippen LogP contribution >= 0.6 is 0 Å². The monoisotopic (exact) mass is 245 g/mol. The van der Waals surface area contributed by atoms with Crippen molar-refractivity contribution >= 4 is 5.91 Å². The number of aromatic nitrogens is 1. The summed E-state index contributed by atoms with van der Waals surface area (Å²) >= 11 is 0. The number of nitrogens with one attached hydrogen (secondary N) is 1. The summed E-state index contributed by atoms with van der Waals surface area (Å²) in [5.41, 5.74) is 7.41. The molecule has 3 N–H and O–H groups in total. The molecule has 0 aliphatic carbocycles. The van der Waals surface area contributed by atoms with Gasteiger partial charge in [-0.1, -0.05) is 35.5 Å². The number of amides is 1. The van der Waals surface area contributed by atoms with Crippen LogP contribution in [0.3, 0.4) is 0 Å². The van der Waals surface area contributed by atoms with E-state index in [2.05, 4.69) is 10.5 Å². The Morgan fingerprint density at radius 3 is 2.78 bits per heavy atom. The zero-order valence-corrected chi connectivity index (χ0v) is 10.1. The maximum absolute atomic E-state index is 11.8. The summed E-state index contributed by atoms with van der Waals surface area (Å²) in [6.07, 6.45) is 0. The number of nitrogens with two attached hydrogens (primary N) is 1. The zero-order chi connectivity index (χ0) is 13.0. The Hall–Kier alpha value is -2.14. The van der Waals surface area contributed by atoms with Crippen LogP contribution in [0.15, 0.2) is 40.9 Å². The predicted octanol–water partition coefficient (Wildman–Crippen LogP) is 1.30. The van der Waals surface area contributed by atoms with E-state index in [1.54, 1.807) is 6.07 Å². The van der Waals surface area contributed by atoms with Crippen LogP contribution in [-0.2, 0) is 11.3 Å². The first-order valence-electron chi connectivity index (χ1n) is 5.67. The third-order valence-corrected chi connectivity index (χ3v) is 2.55. The van der Waals surface area contributed by atoms with Crippen LogP contribution in [0.2, 0.25) is 0 Å². The van der Waals surface area contributed by atoms with Gasteiger partial charge in [-0.25, -0.2) is 0 Å². The van der Waals surface area contributed by atoms with Crippen molar-refractivity contribution in [3.63, 3.8) is 0 Å². The molecule has 2 aromatic rings. The molecular weight excluding hydrogens is 230 g/mol. The highest BCUT2D eigenvalue weighted by atomic mass is 16.5. The molecule has 18 heavy (non-hydrogen) atoms. The van der Waals surface area contributed by atoms with E-state index in [1.165, 1.54) is 0 Å². The smallest absolute Gasteiger partial charge is 0.241 e. The number of benzene rings is 1. The third-order valence-electron chi connectivity index (χ3n) is 2.55. The lowest BCUT2D eigenvalue weighted by molar-refractivity contribution is -0.122. The molecule has 1 heterocycles. The van der Waals surface area contributed by atoms with Gasteiger partial charge in [0.25, 0.3) is 0 Å². The van der Waals surface area contributed by atoms with Crippen molar-refractivity contribution in [3.05, 3.63) is 53.4 Å². The Morgan fingerprint density at radius 2 is 2.17 bits per heavy atom. The number of carbonyl (C=O) groups excluding carboxylic acids is 1. The van der Waals surface area contributed by atoms with E-state index in [4.69, 9.17) is 10.3 Å². The Morgan fingerprint density at radius 1 is 1.44 bits per heavy atom. The van der Waals surface area contributed by atoms with Gasteiger partial charge in [0, 0.05) is 6.07 Å². The molecule has 1 atom stereocenters. The highest BCUT2D eigenvalue weighted by molar-refractivity contribution is 5.82. The highest BCUT2D eigenvalue weighted by Gasteiger charge is 2.15. The molecule has 0 aliphatic heterocycles. The molecule has 0 bridgehead atoms. The van der Waals surface area contributed by atoms with Gasteiger partial charge in [0.2, 0.25) is 5.91 Å². The van der Waals surface area contributed by atoms with E-state index >= 15 is 0 Å². The van der Waals surface area contributed by atoms with E-state index in [0.717, 1.165) is 11.3 Å². The molecule has 0 fully saturated rings. The van der Waals surface area contributed by atoms with Gasteiger partial charge in [-0.05, 0) is 12.5 Å². The second kappa shape index (κ2) is 5.46. The fraction of sp³-hybridized carbons (Fsp3) is 0.231. The topological polar surface area (TPSA) is 81.2 Å². The summed E-state index contributed by atoms with van der Waals surface area (Å²) in [5.74, 6) is 0.372. The lowest BCUT2D eigenvalue weighted by Crippen LogP contribution is -2.33. The molecule has 2 rings (SSSR count). The fourth-order valence-corrected chi connectivity index (χ4v) is 1.60. The second-order valence-electron chi connectivity index (χ2n) is 4.04. The average Bonchev–Trinajstić information content (AvgIpc) is 2.82. The molecule has 1 aromatic heterocycles. The van der Waals surface area contributed by atoms with Gasteiger partial charge in [0.15, 0.2) is 5.76 Å². The maximum Gasteiger partial charge on any atom is 0.241 e. The molecule has 0 saturated heterocycles. The van der Waals surface area contributed by atoms with Gasteiger partial charge in [-0.15, -0.1) is 0 Å². The average molecular weight is 245 g/mol. The van der Waals surface area contributed by atoms with Crippen LogP contribution in [0.25, 0.3) is 0 Å². The molecule has 1 unspecified atom stereocenters. The van der Waals surface area contributed by atoms with E-state index in [-0.39, 0.29) is 5.91 Å². The van der Waals surface area contributed by atoms with Crippen molar-refractivity contribution in [2.24, 2.45) is 5.73 Å². The van der Waals surface area contributed by atoms with Gasteiger partial charge in [-0.3, -0.25) is 4.79 Å². The summed E-state index contributed by atoms with van der Waals surface area (Å²) in [4.78, 5) is 11.8. The molecule has 0 spiro atoms. The number of hydrogen-bond acceptors (Lipinski definition) is 4. The largest absolute Gasteiger partial charge is 0.359 e. The van der Waals surface area contributed by atoms with E-state index in [9.17, 15) is 4.79 Å². The minimum Gasteiger partial charge on any atom is -0.359 e. The maximum atomic E-state index is 11.8. The highest BCUT2D eigenvalue weighted by Crippen LogP contribution is 2.09.